The average Bonchev–Trinajstić information content (AvgIpc) is 3.11. The van der Waals surface area contributed by atoms with Gasteiger partial charge in [0.2, 0.25) is 0 Å². The summed E-state index contributed by atoms with van der Waals surface area (Å²) in [5.41, 5.74) is 4.70. The molecule has 0 radical (unpaired) electrons. The molecule has 0 bridgehead atoms. The molecule has 1 aliphatic rings. The first-order chi connectivity index (χ1) is 16.2. The molecule has 1 aliphatic carbocycles. The summed E-state index contributed by atoms with van der Waals surface area (Å²) in [6.45, 7) is 0.0436. The maximum absolute atomic E-state index is 12.4. The van der Waals surface area contributed by atoms with E-state index in [0.717, 1.165) is 22.3 Å². The van der Waals surface area contributed by atoms with Crippen molar-refractivity contribution in [1.82, 2.24) is 5.32 Å². The minimum Gasteiger partial charge on any atom is -0.716 e. The summed E-state index contributed by atoms with van der Waals surface area (Å²) < 4.78 is 41.6. The molecular weight excluding hydrogens is 501 g/mol. The third kappa shape index (κ3) is 7.06. The minimum atomic E-state index is -4.91. The van der Waals surface area contributed by atoms with Crippen LogP contribution in [0.2, 0.25) is 0 Å². The van der Waals surface area contributed by atoms with Crippen LogP contribution in [-0.2, 0) is 26.4 Å². The van der Waals surface area contributed by atoms with E-state index in [1.807, 2.05) is 48.5 Å². The molecule has 184 valence electrons. The number of carboxylic acid groups (broad SMARTS) is 1. The predicted molar refractivity (Wildman–Crippen MR) is 124 cm³/mol. The van der Waals surface area contributed by atoms with Crippen molar-refractivity contribution < 1.29 is 71.6 Å². The van der Waals surface area contributed by atoms with Crippen LogP contribution in [0.3, 0.4) is 0 Å². The van der Waals surface area contributed by atoms with E-state index >= 15 is 0 Å². The number of hydrogen-bond acceptors (Lipinski definition) is 7. The first-order valence-electron chi connectivity index (χ1n) is 10.3. The van der Waals surface area contributed by atoms with Crippen molar-refractivity contribution in [2.75, 3.05) is 6.61 Å². The number of hydrogen-bond donors (Lipinski definition) is 2. The zero-order valence-corrected chi connectivity index (χ0v) is 22.0. The maximum atomic E-state index is 12.4. The zero-order chi connectivity index (χ0) is 24.3. The van der Waals surface area contributed by atoms with E-state index in [9.17, 15) is 27.7 Å². The first-order valence-corrected chi connectivity index (χ1v) is 11.6. The van der Waals surface area contributed by atoms with E-state index in [1.165, 1.54) is 24.3 Å². The molecule has 0 spiro atoms. The number of amides is 1. The number of carbonyl (C=O) groups is 2. The van der Waals surface area contributed by atoms with E-state index in [2.05, 4.69) is 9.50 Å². The van der Waals surface area contributed by atoms with Gasteiger partial charge in [0.15, 0.2) is 0 Å². The van der Waals surface area contributed by atoms with Gasteiger partial charge in [-0.3, -0.25) is 0 Å². The van der Waals surface area contributed by atoms with Gasteiger partial charge >= 0.3 is 41.6 Å². The molecule has 0 aliphatic heterocycles. The quantitative estimate of drug-likeness (QED) is 0.220. The van der Waals surface area contributed by atoms with Crippen LogP contribution in [0, 0.1) is 0 Å². The summed E-state index contributed by atoms with van der Waals surface area (Å²) in [5, 5.41) is 11.9. The molecule has 12 heteroatoms. The fourth-order valence-corrected chi connectivity index (χ4v) is 4.36. The number of aliphatic carboxylic acids is 1. The van der Waals surface area contributed by atoms with Crippen molar-refractivity contribution >= 4 is 22.5 Å². The topological polar surface area (TPSA) is 174 Å². The van der Waals surface area contributed by atoms with E-state index < -0.39 is 28.5 Å². The molecule has 4 N–H and O–H groups in total. The number of carbonyl (C=O) groups excluding carboxylic acids is 1. The van der Waals surface area contributed by atoms with Crippen LogP contribution >= 0.6 is 0 Å². The predicted octanol–water partition coefficient (Wildman–Crippen LogP) is -0.761. The number of nitrogens with one attached hydrogen (secondary N) is 1. The molecule has 1 amide bonds. The molecule has 0 fully saturated rings. The maximum Gasteiger partial charge on any atom is 1.00 e. The van der Waals surface area contributed by atoms with Crippen molar-refractivity contribution in [3.8, 4) is 16.9 Å². The van der Waals surface area contributed by atoms with Gasteiger partial charge in [-0.05, 0) is 39.9 Å². The molecule has 1 atom stereocenters. The van der Waals surface area contributed by atoms with E-state index in [4.69, 9.17) is 4.74 Å². The number of benzene rings is 3. The summed E-state index contributed by atoms with van der Waals surface area (Å²) in [6, 6.07) is 19.7. The molecule has 36 heavy (non-hydrogen) atoms. The second-order valence-electron chi connectivity index (χ2n) is 7.70. The Balaban J connectivity index is 0.00000228. The molecule has 0 heterocycles. The molecule has 0 aromatic heterocycles. The van der Waals surface area contributed by atoms with Gasteiger partial charge in [-0.15, -0.1) is 0 Å². The second kappa shape index (κ2) is 12.3. The minimum absolute atomic E-state index is 0. The Bertz CT molecular complexity index is 1280. The van der Waals surface area contributed by atoms with Crippen molar-refractivity contribution in [3.63, 3.8) is 0 Å². The fraction of sp³-hybridized carbons (Fsp3) is 0.167. The molecule has 0 saturated heterocycles. The Labute approximate surface area is 229 Å². The van der Waals surface area contributed by atoms with Gasteiger partial charge in [0, 0.05) is 12.3 Å². The van der Waals surface area contributed by atoms with Gasteiger partial charge in [-0.1, -0.05) is 60.7 Å². The molecule has 0 saturated carbocycles. The van der Waals surface area contributed by atoms with Gasteiger partial charge in [0.1, 0.15) is 18.4 Å². The second-order valence-corrected chi connectivity index (χ2v) is 8.68. The van der Waals surface area contributed by atoms with Crippen LogP contribution in [0.4, 0.5) is 4.79 Å². The van der Waals surface area contributed by atoms with Crippen molar-refractivity contribution in [2.24, 2.45) is 0 Å². The molecular formula is C24H22NNaO9S. The van der Waals surface area contributed by atoms with Gasteiger partial charge in [0.05, 0.1) is 0 Å². The number of ether oxygens (including phenoxy) is 1. The van der Waals surface area contributed by atoms with Crippen LogP contribution in [0.5, 0.6) is 5.75 Å². The normalized spacial score (nSPS) is 12.7. The third-order valence-corrected chi connectivity index (χ3v) is 5.89. The zero-order valence-electron chi connectivity index (χ0n) is 19.2. The van der Waals surface area contributed by atoms with Gasteiger partial charge in [0.25, 0.3) is 10.4 Å². The SMILES string of the molecule is O.O=C(N[C@@H](Cc1ccc(OS(=O)(=O)[O-])cc1)C(=O)O)OCC1c2ccccc2-c2ccccc21.[Na+]. The van der Waals surface area contributed by atoms with Gasteiger partial charge < -0.3 is 29.4 Å². The summed E-state index contributed by atoms with van der Waals surface area (Å²) in [6.07, 6.45) is -0.962. The summed E-state index contributed by atoms with van der Waals surface area (Å²) >= 11 is 0. The summed E-state index contributed by atoms with van der Waals surface area (Å²) in [7, 11) is -4.91. The van der Waals surface area contributed by atoms with Crippen molar-refractivity contribution in [1.29, 1.82) is 0 Å². The monoisotopic (exact) mass is 523 g/mol. The third-order valence-electron chi connectivity index (χ3n) is 5.50. The van der Waals surface area contributed by atoms with Gasteiger partial charge in [-0.2, -0.15) is 0 Å². The van der Waals surface area contributed by atoms with E-state index in [0.29, 0.717) is 5.56 Å². The number of carboxylic acids is 1. The van der Waals surface area contributed by atoms with Crippen LogP contribution in [0.15, 0.2) is 72.8 Å². The van der Waals surface area contributed by atoms with Crippen LogP contribution in [-0.4, -0.2) is 48.3 Å². The smallest absolute Gasteiger partial charge is 0.716 e. The van der Waals surface area contributed by atoms with Gasteiger partial charge in [-0.25, -0.2) is 18.0 Å². The number of fused-ring (bicyclic) bond motifs is 3. The van der Waals surface area contributed by atoms with Crippen molar-refractivity contribution in [2.45, 2.75) is 18.4 Å². The van der Waals surface area contributed by atoms with Crippen LogP contribution in [0.25, 0.3) is 11.1 Å². The summed E-state index contributed by atoms with van der Waals surface area (Å²) in [4.78, 5) is 24.1. The number of alkyl carbamates (subject to hydrolysis) is 1. The van der Waals surface area contributed by atoms with Crippen LogP contribution < -0.4 is 39.1 Å². The summed E-state index contributed by atoms with van der Waals surface area (Å²) in [5.74, 6) is -1.63. The van der Waals surface area contributed by atoms with Crippen molar-refractivity contribution in [3.05, 3.63) is 89.5 Å². The standard InChI is InChI=1S/C24H21NO8S.Na.H2O/c26-23(27)22(13-15-9-11-16(12-10-15)33-34(29,30)31)25-24(28)32-14-21-19-7-3-1-5-17(19)18-6-2-4-8-20(18)21;;/h1-12,21-22H,13-14H2,(H,25,28)(H,26,27)(H,29,30,31);;1H2/q;+1;/p-1/t22-;;/m0../s1. The first kappa shape index (κ1) is 29.3. The molecule has 10 nitrogen and oxygen atoms in total. The molecule has 0 unspecified atom stereocenters. The molecule has 3 aromatic carbocycles. The Morgan fingerprint density at radius 2 is 1.47 bits per heavy atom. The largest absolute Gasteiger partial charge is 1.00 e. The molecule has 3 aromatic rings. The Kier molecular flexibility index (Phi) is 10.1. The number of rotatable bonds is 8. The fourth-order valence-electron chi connectivity index (χ4n) is 4.02. The Morgan fingerprint density at radius 1 is 0.944 bits per heavy atom. The Morgan fingerprint density at radius 3 is 1.97 bits per heavy atom. The molecule has 4 rings (SSSR count). The Hall–Kier alpha value is -2.93. The van der Waals surface area contributed by atoms with E-state index in [-0.39, 0.29) is 59.7 Å². The van der Waals surface area contributed by atoms with Crippen LogP contribution in [0.1, 0.15) is 22.6 Å². The van der Waals surface area contributed by atoms with E-state index in [1.54, 1.807) is 0 Å². The average molecular weight is 523 g/mol.